The highest BCUT2D eigenvalue weighted by Crippen LogP contribution is 2.40. The molecule has 0 fully saturated rings. The van der Waals surface area contributed by atoms with Crippen molar-refractivity contribution in [2.45, 2.75) is 0 Å². The van der Waals surface area contributed by atoms with Crippen molar-refractivity contribution in [2.24, 2.45) is 0 Å². The zero-order chi connectivity index (χ0) is 34.4. The molecular formula is C50H34N2. The average Bonchev–Trinajstić information content (AvgIpc) is 3.57. The molecule has 0 aliphatic heterocycles. The van der Waals surface area contributed by atoms with Gasteiger partial charge in [0, 0.05) is 33.5 Å². The second-order valence-electron chi connectivity index (χ2n) is 13.4. The van der Waals surface area contributed by atoms with E-state index in [1.165, 1.54) is 65.6 Å². The quantitative estimate of drug-likeness (QED) is 0.172. The summed E-state index contributed by atoms with van der Waals surface area (Å²) < 4.78 is 2.40. The first-order chi connectivity index (χ1) is 25.8. The fourth-order valence-electron chi connectivity index (χ4n) is 7.94. The number of benzene rings is 9. The van der Waals surface area contributed by atoms with Gasteiger partial charge in [-0.2, -0.15) is 0 Å². The summed E-state index contributed by atoms with van der Waals surface area (Å²) >= 11 is 0. The monoisotopic (exact) mass is 662 g/mol. The molecule has 1 aromatic heterocycles. The molecule has 10 aromatic rings. The van der Waals surface area contributed by atoms with E-state index in [-0.39, 0.29) is 0 Å². The Hall–Kier alpha value is -6.90. The molecular weight excluding hydrogens is 629 g/mol. The smallest absolute Gasteiger partial charge is 0.0547 e. The van der Waals surface area contributed by atoms with Crippen molar-refractivity contribution in [1.29, 1.82) is 0 Å². The standard InChI is InChI=1S/C50H34N2/c1-2-12-35(13-3-1)39-17-10-18-43(34-39)51(40-27-24-38(25-28-40)45-22-11-16-36-14-4-6-19-44(36)45)41-29-31-42(32-30-41)52-48-23-9-8-21-47(48)50-46-20-7-5-15-37(46)26-33-49(50)52/h1-34H. The predicted molar refractivity (Wildman–Crippen MR) is 221 cm³/mol. The van der Waals surface area contributed by atoms with Crippen molar-refractivity contribution < 1.29 is 0 Å². The Morgan fingerprint density at radius 3 is 1.71 bits per heavy atom. The zero-order valence-corrected chi connectivity index (χ0v) is 28.5. The molecule has 0 unspecified atom stereocenters. The van der Waals surface area contributed by atoms with Crippen molar-refractivity contribution in [2.75, 3.05) is 4.90 Å². The fourth-order valence-corrected chi connectivity index (χ4v) is 7.94. The maximum Gasteiger partial charge on any atom is 0.0547 e. The summed E-state index contributed by atoms with van der Waals surface area (Å²) in [5.74, 6) is 0. The van der Waals surface area contributed by atoms with Gasteiger partial charge in [-0.25, -0.2) is 0 Å². The SMILES string of the molecule is c1ccc(-c2cccc(N(c3ccc(-c4cccc5ccccc45)cc3)c3ccc(-n4c5ccccc5c5c6ccccc6ccc54)cc3)c2)cc1. The van der Waals surface area contributed by atoms with Crippen molar-refractivity contribution >= 4 is 60.4 Å². The molecule has 0 N–H and O–H groups in total. The molecule has 0 saturated heterocycles. The summed E-state index contributed by atoms with van der Waals surface area (Å²) in [4.78, 5) is 2.36. The van der Waals surface area contributed by atoms with Crippen LogP contribution in [-0.4, -0.2) is 4.57 Å². The van der Waals surface area contributed by atoms with Gasteiger partial charge in [-0.15, -0.1) is 0 Å². The van der Waals surface area contributed by atoms with E-state index in [9.17, 15) is 0 Å². The maximum atomic E-state index is 2.40. The highest BCUT2D eigenvalue weighted by atomic mass is 15.1. The van der Waals surface area contributed by atoms with Gasteiger partial charge in [0.2, 0.25) is 0 Å². The number of para-hydroxylation sites is 1. The highest BCUT2D eigenvalue weighted by Gasteiger charge is 2.17. The van der Waals surface area contributed by atoms with E-state index < -0.39 is 0 Å². The Labute approximate surface area is 303 Å². The minimum atomic E-state index is 1.10. The van der Waals surface area contributed by atoms with Gasteiger partial charge in [0.25, 0.3) is 0 Å². The molecule has 0 radical (unpaired) electrons. The van der Waals surface area contributed by atoms with Crippen LogP contribution in [0.3, 0.4) is 0 Å². The second-order valence-corrected chi connectivity index (χ2v) is 13.4. The molecule has 244 valence electrons. The molecule has 0 bridgehead atoms. The van der Waals surface area contributed by atoms with Gasteiger partial charge in [-0.05, 0) is 104 Å². The third-order valence-electron chi connectivity index (χ3n) is 10.4. The van der Waals surface area contributed by atoms with Crippen molar-refractivity contribution in [1.82, 2.24) is 4.57 Å². The minimum Gasteiger partial charge on any atom is -0.310 e. The van der Waals surface area contributed by atoms with E-state index >= 15 is 0 Å². The molecule has 0 spiro atoms. The lowest BCUT2D eigenvalue weighted by atomic mass is 9.98. The van der Waals surface area contributed by atoms with E-state index in [1.807, 2.05) is 0 Å². The van der Waals surface area contributed by atoms with Crippen LogP contribution in [0.15, 0.2) is 206 Å². The number of fused-ring (bicyclic) bond motifs is 6. The third-order valence-corrected chi connectivity index (χ3v) is 10.4. The van der Waals surface area contributed by atoms with Crippen LogP contribution in [0.2, 0.25) is 0 Å². The Morgan fingerprint density at radius 1 is 0.327 bits per heavy atom. The second kappa shape index (κ2) is 12.5. The molecule has 9 aromatic carbocycles. The molecule has 0 aliphatic rings. The van der Waals surface area contributed by atoms with Crippen LogP contribution in [0.5, 0.6) is 0 Å². The largest absolute Gasteiger partial charge is 0.310 e. The number of aromatic nitrogens is 1. The number of anilines is 3. The molecule has 1 heterocycles. The number of hydrogen-bond acceptors (Lipinski definition) is 1. The first kappa shape index (κ1) is 30.0. The first-order valence-corrected chi connectivity index (χ1v) is 17.9. The Morgan fingerprint density at radius 2 is 0.923 bits per heavy atom. The van der Waals surface area contributed by atoms with Crippen molar-refractivity contribution in [3.8, 4) is 27.9 Å². The first-order valence-electron chi connectivity index (χ1n) is 17.9. The Bertz CT molecular complexity index is 2880. The molecule has 0 saturated carbocycles. The highest BCUT2D eigenvalue weighted by molar-refractivity contribution is 6.21. The van der Waals surface area contributed by atoms with E-state index in [0.717, 1.165) is 22.7 Å². The van der Waals surface area contributed by atoms with Crippen LogP contribution in [0.1, 0.15) is 0 Å². The lowest BCUT2D eigenvalue weighted by molar-refractivity contribution is 1.17. The van der Waals surface area contributed by atoms with Gasteiger partial charge in [0.1, 0.15) is 0 Å². The van der Waals surface area contributed by atoms with Crippen molar-refractivity contribution in [3.63, 3.8) is 0 Å². The summed E-state index contributed by atoms with van der Waals surface area (Å²) in [5, 5.41) is 7.61. The van der Waals surface area contributed by atoms with E-state index in [0.29, 0.717) is 0 Å². The molecule has 0 amide bonds. The maximum absolute atomic E-state index is 2.40. The molecule has 0 atom stereocenters. The summed E-state index contributed by atoms with van der Waals surface area (Å²) in [7, 11) is 0. The normalized spacial score (nSPS) is 11.5. The summed E-state index contributed by atoms with van der Waals surface area (Å²) in [6.45, 7) is 0. The predicted octanol–water partition coefficient (Wildman–Crippen LogP) is 13.9. The van der Waals surface area contributed by atoms with Gasteiger partial charge in [-0.1, -0.05) is 146 Å². The zero-order valence-electron chi connectivity index (χ0n) is 28.5. The summed E-state index contributed by atoms with van der Waals surface area (Å²) in [6.07, 6.45) is 0. The Kier molecular flexibility index (Phi) is 7.18. The average molecular weight is 663 g/mol. The molecule has 2 heteroatoms. The van der Waals surface area contributed by atoms with E-state index in [1.54, 1.807) is 0 Å². The third kappa shape index (κ3) is 5.04. The van der Waals surface area contributed by atoms with E-state index in [2.05, 4.69) is 216 Å². The summed E-state index contributed by atoms with van der Waals surface area (Å²) in [5.41, 5.74) is 11.7. The number of rotatable bonds is 6. The molecule has 2 nitrogen and oxygen atoms in total. The number of hydrogen-bond donors (Lipinski definition) is 0. The molecule has 10 rings (SSSR count). The fraction of sp³-hybridized carbons (Fsp3) is 0. The van der Waals surface area contributed by atoms with Crippen LogP contribution >= 0.6 is 0 Å². The van der Waals surface area contributed by atoms with Crippen LogP contribution in [0.4, 0.5) is 17.1 Å². The summed E-state index contributed by atoms with van der Waals surface area (Å²) in [6, 6.07) is 74.6. The molecule has 52 heavy (non-hydrogen) atoms. The van der Waals surface area contributed by atoms with Gasteiger partial charge in [0.05, 0.1) is 11.0 Å². The van der Waals surface area contributed by atoms with Gasteiger partial charge >= 0.3 is 0 Å². The number of nitrogens with zero attached hydrogens (tertiary/aromatic N) is 2. The van der Waals surface area contributed by atoms with Crippen LogP contribution < -0.4 is 4.90 Å². The van der Waals surface area contributed by atoms with Crippen molar-refractivity contribution in [3.05, 3.63) is 206 Å². The topological polar surface area (TPSA) is 8.17 Å². The van der Waals surface area contributed by atoms with Crippen LogP contribution in [0.25, 0.3) is 71.3 Å². The van der Waals surface area contributed by atoms with Gasteiger partial charge in [0.15, 0.2) is 0 Å². The van der Waals surface area contributed by atoms with Gasteiger partial charge in [-0.3, -0.25) is 0 Å². The van der Waals surface area contributed by atoms with Crippen LogP contribution in [0, 0.1) is 0 Å². The minimum absolute atomic E-state index is 1.10. The lowest BCUT2D eigenvalue weighted by Gasteiger charge is -2.26. The van der Waals surface area contributed by atoms with Crippen LogP contribution in [-0.2, 0) is 0 Å². The lowest BCUT2D eigenvalue weighted by Crippen LogP contribution is -2.10. The Balaban J connectivity index is 1.11. The van der Waals surface area contributed by atoms with E-state index in [4.69, 9.17) is 0 Å². The van der Waals surface area contributed by atoms with Gasteiger partial charge < -0.3 is 9.47 Å². The molecule has 0 aliphatic carbocycles.